The van der Waals surface area contributed by atoms with E-state index in [1.807, 2.05) is 10.6 Å². The average molecular weight is 530 g/mol. The van der Waals surface area contributed by atoms with Gasteiger partial charge >= 0.3 is 0 Å². The van der Waals surface area contributed by atoms with Gasteiger partial charge in [-0.25, -0.2) is 18.7 Å². The van der Waals surface area contributed by atoms with Gasteiger partial charge in [-0.15, -0.1) is 0 Å². The summed E-state index contributed by atoms with van der Waals surface area (Å²) in [5.74, 6) is 1.03. The highest BCUT2D eigenvalue weighted by atomic mass is 19.1. The summed E-state index contributed by atoms with van der Waals surface area (Å²) in [6.45, 7) is 5.01. The number of piperidine rings is 1. The number of fused-ring (bicyclic) bond motifs is 1. The van der Waals surface area contributed by atoms with E-state index < -0.39 is 24.5 Å². The number of pyridine rings is 1. The fourth-order valence-corrected chi connectivity index (χ4v) is 4.84. The predicted molar refractivity (Wildman–Crippen MR) is 139 cm³/mol. The maximum Gasteiger partial charge on any atom is 0.253 e. The van der Waals surface area contributed by atoms with Crippen LogP contribution in [0.3, 0.4) is 0 Å². The highest BCUT2D eigenvalue weighted by Gasteiger charge is 2.30. The molecule has 2 aliphatic heterocycles. The molecule has 0 spiro atoms. The first kappa shape index (κ1) is 26.2. The molecule has 204 valence electrons. The van der Waals surface area contributed by atoms with Crippen molar-refractivity contribution in [1.82, 2.24) is 24.8 Å². The SMILES string of the molecule is CCC(C)n1cc(C(=O)NC2CCOCC2F)c2cnc(Nc3ccnc(N4CC[C@@H](O)[C@@H](F)C4)n3)cc21. The highest BCUT2D eigenvalue weighted by Crippen LogP contribution is 2.29. The van der Waals surface area contributed by atoms with E-state index in [0.717, 1.165) is 11.9 Å². The van der Waals surface area contributed by atoms with Crippen molar-refractivity contribution in [2.45, 2.75) is 63.6 Å². The summed E-state index contributed by atoms with van der Waals surface area (Å²) >= 11 is 0. The van der Waals surface area contributed by atoms with Crippen LogP contribution in [0.15, 0.2) is 30.7 Å². The van der Waals surface area contributed by atoms with Crippen molar-refractivity contribution < 1.29 is 23.4 Å². The Morgan fingerprint density at radius 2 is 2.11 bits per heavy atom. The number of aromatic nitrogens is 4. The zero-order valence-electron chi connectivity index (χ0n) is 21.5. The molecule has 3 unspecified atom stereocenters. The number of halogens is 2. The molecule has 2 saturated heterocycles. The zero-order valence-corrected chi connectivity index (χ0v) is 21.5. The Balaban J connectivity index is 1.40. The van der Waals surface area contributed by atoms with Crippen molar-refractivity contribution in [3.63, 3.8) is 0 Å². The zero-order chi connectivity index (χ0) is 26.8. The molecule has 5 heterocycles. The number of rotatable bonds is 7. The minimum absolute atomic E-state index is 0.0189. The molecule has 3 N–H and O–H groups in total. The summed E-state index contributed by atoms with van der Waals surface area (Å²) < 4.78 is 35.5. The van der Waals surface area contributed by atoms with E-state index in [0.29, 0.717) is 54.5 Å². The van der Waals surface area contributed by atoms with Crippen molar-refractivity contribution in [1.29, 1.82) is 0 Å². The van der Waals surface area contributed by atoms with Crippen molar-refractivity contribution in [3.8, 4) is 0 Å². The minimum atomic E-state index is -1.35. The first-order chi connectivity index (χ1) is 18.3. The van der Waals surface area contributed by atoms with E-state index in [9.17, 15) is 18.7 Å². The number of hydrogen-bond acceptors (Lipinski definition) is 8. The number of nitrogens with one attached hydrogen (secondary N) is 2. The van der Waals surface area contributed by atoms with Crippen molar-refractivity contribution in [2.75, 3.05) is 36.5 Å². The number of aliphatic hydroxyl groups is 1. The average Bonchev–Trinajstić information content (AvgIpc) is 3.30. The van der Waals surface area contributed by atoms with Gasteiger partial charge in [0.2, 0.25) is 5.95 Å². The van der Waals surface area contributed by atoms with Crippen LogP contribution in [0.4, 0.5) is 26.4 Å². The molecule has 38 heavy (non-hydrogen) atoms. The fraction of sp³-hybridized carbons (Fsp3) is 0.538. The number of aliphatic hydroxyl groups excluding tert-OH is 1. The van der Waals surface area contributed by atoms with Crippen LogP contribution in [-0.4, -0.2) is 81.3 Å². The van der Waals surface area contributed by atoms with Crippen LogP contribution in [0.25, 0.3) is 10.9 Å². The number of hydrogen-bond donors (Lipinski definition) is 3. The molecular formula is C26H33F2N7O3. The Bertz CT molecular complexity index is 1290. The third-order valence-corrected chi connectivity index (χ3v) is 7.32. The van der Waals surface area contributed by atoms with Crippen LogP contribution in [0, 0.1) is 0 Å². The molecule has 2 aliphatic rings. The summed E-state index contributed by atoms with van der Waals surface area (Å²) in [6.07, 6.45) is 3.03. The van der Waals surface area contributed by atoms with E-state index in [2.05, 4.69) is 39.4 Å². The molecule has 5 atom stereocenters. The summed E-state index contributed by atoms with van der Waals surface area (Å²) in [6, 6.07) is 3.06. The number of alkyl halides is 2. The van der Waals surface area contributed by atoms with Gasteiger partial charge in [-0.1, -0.05) is 6.92 Å². The van der Waals surface area contributed by atoms with Crippen LogP contribution in [0.1, 0.15) is 49.5 Å². The van der Waals surface area contributed by atoms with Gasteiger partial charge in [0.25, 0.3) is 5.91 Å². The first-order valence-corrected chi connectivity index (χ1v) is 13.0. The van der Waals surface area contributed by atoms with E-state index in [-0.39, 0.29) is 25.1 Å². The molecular weight excluding hydrogens is 496 g/mol. The third-order valence-electron chi connectivity index (χ3n) is 7.32. The number of carbonyl (C=O) groups is 1. The standard InChI is InChI=1S/C26H33F2N7O3/c1-3-15(2)35-12-17(25(37)31-20-6-9-38-14-19(20)28)16-11-30-24(10-21(16)35)32-23-4-7-29-26(33-23)34-8-5-22(36)18(27)13-34/h4,7,10-12,15,18-20,22,36H,3,5-6,8-9,13-14H2,1-2H3,(H,31,37)(H,29,30,32,33)/t15?,18-,19?,20?,22+/m0/s1. The molecule has 0 aliphatic carbocycles. The Hall–Kier alpha value is -3.38. The predicted octanol–water partition coefficient (Wildman–Crippen LogP) is 3.31. The molecule has 3 aromatic heterocycles. The second-order valence-corrected chi connectivity index (χ2v) is 9.94. The van der Waals surface area contributed by atoms with Crippen molar-refractivity contribution in [2.24, 2.45) is 0 Å². The minimum Gasteiger partial charge on any atom is -0.390 e. The smallest absolute Gasteiger partial charge is 0.253 e. The van der Waals surface area contributed by atoms with Crippen LogP contribution in [0.2, 0.25) is 0 Å². The lowest BCUT2D eigenvalue weighted by Crippen LogP contribution is -2.46. The molecule has 5 rings (SSSR count). The Labute approximate surface area is 219 Å². The largest absolute Gasteiger partial charge is 0.390 e. The normalized spacial score (nSPS) is 24.8. The molecule has 12 heteroatoms. The number of carbonyl (C=O) groups excluding carboxylic acids is 1. The Morgan fingerprint density at radius 1 is 1.26 bits per heavy atom. The van der Waals surface area contributed by atoms with Gasteiger partial charge in [0.1, 0.15) is 24.0 Å². The van der Waals surface area contributed by atoms with Crippen LogP contribution in [0.5, 0.6) is 0 Å². The fourth-order valence-electron chi connectivity index (χ4n) is 4.84. The highest BCUT2D eigenvalue weighted by molar-refractivity contribution is 6.07. The topological polar surface area (TPSA) is 117 Å². The monoisotopic (exact) mass is 529 g/mol. The number of nitrogens with zero attached hydrogens (tertiary/aromatic N) is 5. The van der Waals surface area contributed by atoms with Crippen molar-refractivity contribution >= 4 is 34.4 Å². The molecule has 3 aromatic rings. The van der Waals surface area contributed by atoms with Crippen LogP contribution in [-0.2, 0) is 4.74 Å². The first-order valence-electron chi connectivity index (χ1n) is 13.0. The van der Waals surface area contributed by atoms with Crippen LogP contribution < -0.4 is 15.5 Å². The van der Waals surface area contributed by atoms with E-state index >= 15 is 0 Å². The van der Waals surface area contributed by atoms with E-state index in [4.69, 9.17) is 4.74 Å². The third kappa shape index (κ3) is 5.41. The van der Waals surface area contributed by atoms with E-state index in [1.165, 1.54) is 0 Å². The van der Waals surface area contributed by atoms with Gasteiger partial charge in [-0.2, -0.15) is 4.98 Å². The number of anilines is 3. The maximum atomic E-state index is 14.3. The van der Waals surface area contributed by atoms with Crippen molar-refractivity contribution in [3.05, 3.63) is 36.3 Å². The lowest BCUT2D eigenvalue weighted by Gasteiger charge is -2.32. The second kappa shape index (κ2) is 11.2. The molecule has 2 fully saturated rings. The van der Waals surface area contributed by atoms with Gasteiger partial charge in [0.15, 0.2) is 0 Å². The second-order valence-electron chi connectivity index (χ2n) is 9.94. The van der Waals surface area contributed by atoms with Gasteiger partial charge < -0.3 is 29.9 Å². The lowest BCUT2D eigenvalue weighted by atomic mass is 10.1. The van der Waals surface area contributed by atoms with Gasteiger partial charge in [0, 0.05) is 49.2 Å². The van der Waals surface area contributed by atoms with E-state index in [1.54, 1.807) is 29.6 Å². The quantitative estimate of drug-likeness (QED) is 0.427. The van der Waals surface area contributed by atoms with Gasteiger partial charge in [-0.3, -0.25) is 4.79 Å². The molecule has 0 bridgehead atoms. The molecule has 0 aromatic carbocycles. The summed E-state index contributed by atoms with van der Waals surface area (Å²) in [5.41, 5.74) is 1.25. The molecule has 0 radical (unpaired) electrons. The summed E-state index contributed by atoms with van der Waals surface area (Å²) in [7, 11) is 0. The molecule has 0 saturated carbocycles. The van der Waals surface area contributed by atoms with Crippen LogP contribution >= 0.6 is 0 Å². The lowest BCUT2D eigenvalue weighted by molar-refractivity contribution is 0.0142. The Morgan fingerprint density at radius 3 is 2.87 bits per heavy atom. The number of ether oxygens (including phenoxy) is 1. The molecule has 1 amide bonds. The summed E-state index contributed by atoms with van der Waals surface area (Å²) in [4.78, 5) is 28.1. The maximum absolute atomic E-state index is 14.3. The van der Waals surface area contributed by atoms with Gasteiger partial charge in [0.05, 0.1) is 36.4 Å². The Kier molecular flexibility index (Phi) is 7.70. The summed E-state index contributed by atoms with van der Waals surface area (Å²) in [5, 5.41) is 16.4. The van der Waals surface area contributed by atoms with Gasteiger partial charge in [-0.05, 0) is 32.3 Å². The number of amides is 1. The molecule has 10 nitrogen and oxygen atoms in total.